The molecular formula is C23H29NO8. The van der Waals surface area contributed by atoms with Gasteiger partial charge >= 0.3 is 17.9 Å². The normalized spacial score (nSPS) is 19.0. The van der Waals surface area contributed by atoms with E-state index in [9.17, 15) is 24.6 Å². The Bertz CT molecular complexity index is 895. The van der Waals surface area contributed by atoms with Crippen LogP contribution in [0.3, 0.4) is 0 Å². The number of ether oxygens (including phenoxy) is 1. The first-order valence-corrected chi connectivity index (χ1v) is 10.5. The van der Waals surface area contributed by atoms with Crippen LogP contribution in [0, 0.1) is 0 Å². The van der Waals surface area contributed by atoms with E-state index in [0.717, 1.165) is 17.5 Å². The molecule has 2 atom stereocenters. The average Bonchev–Trinajstić information content (AvgIpc) is 3.16. The molecule has 9 nitrogen and oxygen atoms in total. The highest BCUT2D eigenvalue weighted by atomic mass is 16.5. The van der Waals surface area contributed by atoms with Gasteiger partial charge in [0.05, 0.1) is 18.4 Å². The summed E-state index contributed by atoms with van der Waals surface area (Å²) >= 11 is 0. The van der Waals surface area contributed by atoms with Gasteiger partial charge in [0.15, 0.2) is 5.60 Å². The van der Waals surface area contributed by atoms with Gasteiger partial charge in [-0.05, 0) is 49.0 Å². The zero-order valence-corrected chi connectivity index (χ0v) is 18.0. The minimum absolute atomic E-state index is 0.0300. The third-order valence-electron chi connectivity index (χ3n) is 5.36. The molecule has 0 radical (unpaired) electrons. The van der Waals surface area contributed by atoms with Crippen molar-refractivity contribution in [2.75, 3.05) is 6.61 Å². The summed E-state index contributed by atoms with van der Waals surface area (Å²) in [6, 6.07) is 5.31. The SMILES string of the molecule is CCCc1cc(CCC2(CCO)C=CC=N2)ccc1OC(=O)CC(O)(CC(=O)O)C(=O)O. The summed E-state index contributed by atoms with van der Waals surface area (Å²) in [7, 11) is 0. The fourth-order valence-corrected chi connectivity index (χ4v) is 3.65. The second kappa shape index (κ2) is 11.0. The number of aryl methyl sites for hydroxylation is 2. The maximum absolute atomic E-state index is 12.3. The maximum atomic E-state index is 12.3. The number of hydrogen-bond donors (Lipinski definition) is 4. The molecule has 1 aromatic carbocycles. The first kappa shape index (κ1) is 25.2. The number of esters is 1. The number of carboxylic acid groups (broad SMARTS) is 2. The summed E-state index contributed by atoms with van der Waals surface area (Å²) in [5.41, 5.74) is -1.42. The summed E-state index contributed by atoms with van der Waals surface area (Å²) in [6.45, 7) is 1.99. The highest BCUT2D eigenvalue weighted by Gasteiger charge is 2.41. The van der Waals surface area contributed by atoms with Crippen molar-refractivity contribution < 1.29 is 39.5 Å². The lowest BCUT2D eigenvalue weighted by Crippen LogP contribution is -2.43. The van der Waals surface area contributed by atoms with Gasteiger partial charge in [-0.15, -0.1) is 0 Å². The number of carbonyl (C=O) groups excluding carboxylic acids is 1. The summed E-state index contributed by atoms with van der Waals surface area (Å²) in [5, 5.41) is 37.3. The lowest BCUT2D eigenvalue weighted by molar-refractivity contribution is -0.169. The van der Waals surface area contributed by atoms with Crippen LogP contribution in [0.25, 0.3) is 0 Å². The zero-order valence-electron chi connectivity index (χ0n) is 18.0. The van der Waals surface area contributed by atoms with Gasteiger partial charge in [0, 0.05) is 12.8 Å². The number of benzene rings is 1. The van der Waals surface area contributed by atoms with Gasteiger partial charge in [0.1, 0.15) is 5.75 Å². The first-order valence-electron chi connectivity index (χ1n) is 10.5. The molecule has 2 unspecified atom stereocenters. The van der Waals surface area contributed by atoms with Crippen LogP contribution < -0.4 is 4.74 Å². The van der Waals surface area contributed by atoms with E-state index in [2.05, 4.69) is 4.99 Å². The number of nitrogens with zero attached hydrogens (tertiary/aromatic N) is 1. The second-order valence-corrected chi connectivity index (χ2v) is 7.96. The van der Waals surface area contributed by atoms with Crippen LogP contribution in [0.1, 0.15) is 50.2 Å². The van der Waals surface area contributed by atoms with Gasteiger partial charge < -0.3 is 25.2 Å². The Labute approximate surface area is 186 Å². The highest BCUT2D eigenvalue weighted by molar-refractivity contribution is 5.89. The third-order valence-corrected chi connectivity index (χ3v) is 5.36. The topological polar surface area (TPSA) is 154 Å². The molecule has 9 heteroatoms. The molecule has 1 aliphatic heterocycles. The number of aliphatic carboxylic acids is 2. The van der Waals surface area contributed by atoms with E-state index in [-0.39, 0.29) is 12.4 Å². The van der Waals surface area contributed by atoms with Crippen LogP contribution in [0.2, 0.25) is 0 Å². The van der Waals surface area contributed by atoms with Crippen molar-refractivity contribution in [2.24, 2.45) is 4.99 Å². The van der Waals surface area contributed by atoms with Crippen molar-refractivity contribution in [3.05, 3.63) is 41.5 Å². The van der Waals surface area contributed by atoms with Crippen molar-refractivity contribution in [1.82, 2.24) is 0 Å². The summed E-state index contributed by atoms with van der Waals surface area (Å²) in [6.07, 6.45) is 6.75. The van der Waals surface area contributed by atoms with E-state index in [0.29, 0.717) is 25.7 Å². The molecule has 174 valence electrons. The van der Waals surface area contributed by atoms with Gasteiger partial charge in [-0.1, -0.05) is 31.6 Å². The molecule has 4 N–H and O–H groups in total. The van der Waals surface area contributed by atoms with Gasteiger partial charge in [0.2, 0.25) is 0 Å². The number of aliphatic hydroxyl groups excluding tert-OH is 1. The number of allylic oxidation sites excluding steroid dienone is 1. The van der Waals surface area contributed by atoms with Crippen LogP contribution in [0.4, 0.5) is 0 Å². The lowest BCUT2D eigenvalue weighted by Gasteiger charge is -2.23. The Kier molecular flexibility index (Phi) is 8.68. The lowest BCUT2D eigenvalue weighted by atomic mass is 9.89. The molecule has 1 aliphatic rings. The molecule has 0 aromatic heterocycles. The molecule has 0 fully saturated rings. The summed E-state index contributed by atoms with van der Waals surface area (Å²) in [4.78, 5) is 38.9. The molecule has 0 saturated carbocycles. The molecule has 0 saturated heterocycles. The Morgan fingerprint density at radius 1 is 1.12 bits per heavy atom. The number of aliphatic hydroxyl groups is 2. The smallest absolute Gasteiger partial charge is 0.336 e. The Hall–Kier alpha value is -3.04. The number of hydrogen-bond acceptors (Lipinski definition) is 7. The van der Waals surface area contributed by atoms with E-state index in [1.807, 2.05) is 25.1 Å². The van der Waals surface area contributed by atoms with Gasteiger partial charge in [-0.2, -0.15) is 0 Å². The fraction of sp³-hybridized carbons (Fsp3) is 0.478. The van der Waals surface area contributed by atoms with E-state index < -0.39 is 41.9 Å². The Morgan fingerprint density at radius 3 is 2.44 bits per heavy atom. The maximum Gasteiger partial charge on any atom is 0.336 e. The van der Waals surface area contributed by atoms with Crippen LogP contribution >= 0.6 is 0 Å². The van der Waals surface area contributed by atoms with Gasteiger partial charge in [-0.25, -0.2) is 4.79 Å². The standard InChI is InChI=1S/C23H29NO8/c1-2-4-17-13-16(7-9-22(10-12-25)8-3-11-24-22)5-6-18(17)32-20(28)15-23(31,21(29)30)14-19(26)27/h3,5-6,8,11,13,25,31H,2,4,7,9-10,12,14-15H2,1H3,(H,26,27)(H,29,30). The van der Waals surface area contributed by atoms with Crippen molar-refractivity contribution in [2.45, 2.75) is 63.0 Å². The van der Waals surface area contributed by atoms with Crippen LogP contribution in [-0.4, -0.2) is 62.3 Å². The number of carbonyl (C=O) groups is 3. The third kappa shape index (κ3) is 6.73. The van der Waals surface area contributed by atoms with E-state index in [1.165, 1.54) is 0 Å². The molecule has 0 bridgehead atoms. The first-order chi connectivity index (χ1) is 15.1. The predicted molar refractivity (Wildman–Crippen MR) is 116 cm³/mol. The van der Waals surface area contributed by atoms with E-state index in [4.69, 9.17) is 14.9 Å². The second-order valence-electron chi connectivity index (χ2n) is 7.96. The Morgan fingerprint density at radius 2 is 1.88 bits per heavy atom. The fourth-order valence-electron chi connectivity index (χ4n) is 3.65. The van der Waals surface area contributed by atoms with Crippen molar-refractivity contribution in [3.63, 3.8) is 0 Å². The van der Waals surface area contributed by atoms with Crippen LogP contribution in [-0.2, 0) is 27.2 Å². The van der Waals surface area contributed by atoms with E-state index in [1.54, 1.807) is 18.3 Å². The zero-order chi connectivity index (χ0) is 23.8. The number of aliphatic imine (C=N–C) groups is 1. The van der Waals surface area contributed by atoms with Crippen molar-refractivity contribution in [3.8, 4) is 5.75 Å². The molecular weight excluding hydrogens is 418 g/mol. The van der Waals surface area contributed by atoms with Crippen LogP contribution in [0.5, 0.6) is 5.75 Å². The molecule has 0 spiro atoms. The summed E-state index contributed by atoms with van der Waals surface area (Å²) in [5.74, 6) is -4.14. The van der Waals surface area contributed by atoms with Gasteiger partial charge in [-0.3, -0.25) is 14.6 Å². The molecule has 2 rings (SSSR count). The number of rotatable bonds is 13. The molecule has 32 heavy (non-hydrogen) atoms. The van der Waals surface area contributed by atoms with Crippen molar-refractivity contribution in [1.29, 1.82) is 0 Å². The van der Waals surface area contributed by atoms with E-state index >= 15 is 0 Å². The monoisotopic (exact) mass is 447 g/mol. The Balaban J connectivity index is 2.12. The van der Waals surface area contributed by atoms with Crippen LogP contribution in [0.15, 0.2) is 35.3 Å². The number of carboxylic acids is 2. The molecule has 1 aromatic rings. The molecule has 0 amide bonds. The summed E-state index contributed by atoms with van der Waals surface area (Å²) < 4.78 is 5.29. The quantitative estimate of drug-likeness (QED) is 0.264. The highest BCUT2D eigenvalue weighted by Crippen LogP contribution is 2.29. The average molecular weight is 447 g/mol. The van der Waals surface area contributed by atoms with Crippen molar-refractivity contribution >= 4 is 24.1 Å². The minimum Gasteiger partial charge on any atom is -0.481 e. The minimum atomic E-state index is -2.75. The molecule has 1 heterocycles. The van der Waals surface area contributed by atoms with Gasteiger partial charge in [0.25, 0.3) is 0 Å². The molecule has 0 aliphatic carbocycles. The largest absolute Gasteiger partial charge is 0.481 e. The predicted octanol–water partition coefficient (Wildman–Crippen LogP) is 1.92.